The lowest BCUT2D eigenvalue weighted by atomic mass is 9.77. The van der Waals surface area contributed by atoms with E-state index >= 15 is 0 Å². The molecule has 0 saturated carbocycles. The van der Waals surface area contributed by atoms with Gasteiger partial charge in [-0.3, -0.25) is 4.99 Å². The van der Waals surface area contributed by atoms with Gasteiger partial charge in [0, 0.05) is 17.8 Å². The van der Waals surface area contributed by atoms with Crippen LogP contribution in [0.25, 0.3) is 0 Å². The predicted molar refractivity (Wildman–Crippen MR) is 168 cm³/mol. The number of nitrogens with zero attached hydrogens (tertiary/aromatic N) is 1. The number of hydrogen-bond donors (Lipinski definition) is 1. The average molecular weight is 645 g/mol. The molecule has 6 heteroatoms. The number of benzene rings is 4. The molecular formula is C34H30FIN2O2. The Morgan fingerprint density at radius 1 is 1.00 bits per heavy atom. The Bertz CT molecular complexity index is 1570. The SMILES string of the molecule is CCOc1cc(C=Nc2ccc([C@@H]3Nc4ccccc4[C@H]4C=CC[C@@H]43)cc2)cc(I)c1OCc1cccc(F)c1. The van der Waals surface area contributed by atoms with Gasteiger partial charge < -0.3 is 14.8 Å². The number of aliphatic imine (C=N–C) groups is 1. The van der Waals surface area contributed by atoms with E-state index < -0.39 is 0 Å². The van der Waals surface area contributed by atoms with E-state index in [9.17, 15) is 4.39 Å². The van der Waals surface area contributed by atoms with Gasteiger partial charge in [0.1, 0.15) is 12.4 Å². The van der Waals surface area contributed by atoms with Crippen LogP contribution >= 0.6 is 22.6 Å². The summed E-state index contributed by atoms with van der Waals surface area (Å²) in [7, 11) is 0. The van der Waals surface area contributed by atoms with Crippen LogP contribution < -0.4 is 14.8 Å². The quantitative estimate of drug-likeness (QED) is 0.118. The normalized spacial score (nSPS) is 19.2. The van der Waals surface area contributed by atoms with Crippen LogP contribution in [0.2, 0.25) is 0 Å². The molecule has 1 N–H and O–H groups in total. The van der Waals surface area contributed by atoms with Crippen molar-refractivity contribution in [3.8, 4) is 11.5 Å². The topological polar surface area (TPSA) is 42.8 Å². The lowest BCUT2D eigenvalue weighted by Crippen LogP contribution is -2.28. The summed E-state index contributed by atoms with van der Waals surface area (Å²) in [6.07, 6.45) is 7.62. The molecule has 0 spiro atoms. The predicted octanol–water partition coefficient (Wildman–Crippen LogP) is 8.99. The van der Waals surface area contributed by atoms with Crippen molar-refractivity contribution >= 4 is 40.2 Å². The van der Waals surface area contributed by atoms with Gasteiger partial charge in [-0.25, -0.2) is 4.39 Å². The Hall–Kier alpha value is -3.65. The van der Waals surface area contributed by atoms with Crippen molar-refractivity contribution < 1.29 is 13.9 Å². The number of ether oxygens (including phenoxy) is 2. The van der Waals surface area contributed by atoms with E-state index in [1.807, 2.05) is 31.3 Å². The number of hydrogen-bond acceptors (Lipinski definition) is 4. The highest BCUT2D eigenvalue weighted by Crippen LogP contribution is 2.49. The fraction of sp³-hybridized carbons (Fsp3) is 0.206. The van der Waals surface area contributed by atoms with Gasteiger partial charge in [-0.2, -0.15) is 0 Å². The van der Waals surface area contributed by atoms with Crippen LogP contribution in [0.5, 0.6) is 11.5 Å². The van der Waals surface area contributed by atoms with E-state index in [1.54, 1.807) is 6.07 Å². The molecular weight excluding hydrogens is 614 g/mol. The molecule has 0 bridgehead atoms. The van der Waals surface area contributed by atoms with Gasteiger partial charge in [0.05, 0.1) is 21.9 Å². The van der Waals surface area contributed by atoms with E-state index in [-0.39, 0.29) is 18.5 Å². The van der Waals surface area contributed by atoms with Gasteiger partial charge in [-0.1, -0.05) is 54.6 Å². The van der Waals surface area contributed by atoms with Crippen LogP contribution in [-0.4, -0.2) is 12.8 Å². The monoisotopic (exact) mass is 644 g/mol. The lowest BCUT2D eigenvalue weighted by Gasteiger charge is -2.37. The first-order valence-electron chi connectivity index (χ1n) is 13.6. The molecule has 1 heterocycles. The smallest absolute Gasteiger partial charge is 0.175 e. The summed E-state index contributed by atoms with van der Waals surface area (Å²) in [5, 5.41) is 3.79. The molecule has 0 unspecified atom stereocenters. The van der Waals surface area contributed by atoms with Gasteiger partial charge in [0.15, 0.2) is 11.5 Å². The summed E-state index contributed by atoms with van der Waals surface area (Å²) in [4.78, 5) is 4.74. The second-order valence-corrected chi connectivity index (χ2v) is 11.3. The zero-order valence-corrected chi connectivity index (χ0v) is 24.3. The number of nitrogens with one attached hydrogen (secondary N) is 1. The lowest BCUT2D eigenvalue weighted by molar-refractivity contribution is 0.267. The molecule has 202 valence electrons. The van der Waals surface area contributed by atoms with Crippen LogP contribution in [0, 0.1) is 15.3 Å². The van der Waals surface area contributed by atoms with E-state index in [2.05, 4.69) is 88.6 Å². The fourth-order valence-corrected chi connectivity index (χ4v) is 6.42. The standard InChI is InChI=1S/C34H30FIN2O2/c1-2-39-32-19-23(18-30(36)34(32)40-21-22-7-5-8-25(35)17-22)20-37-26-15-13-24(14-16-26)33-29-11-6-10-27(29)28-9-3-4-12-31(28)38-33/h3-10,12-20,27,29,33,38H,2,11,21H2,1H3/t27-,29+,33+/m1/s1. The first-order chi connectivity index (χ1) is 19.6. The number of fused-ring (bicyclic) bond motifs is 3. The molecule has 40 heavy (non-hydrogen) atoms. The van der Waals surface area contributed by atoms with E-state index in [1.165, 1.54) is 28.9 Å². The second-order valence-electron chi connectivity index (χ2n) is 10.1. The van der Waals surface area contributed by atoms with Crippen molar-refractivity contribution in [3.05, 3.63) is 129 Å². The highest BCUT2D eigenvalue weighted by atomic mass is 127. The van der Waals surface area contributed by atoms with Crippen molar-refractivity contribution in [2.75, 3.05) is 11.9 Å². The molecule has 4 nitrogen and oxygen atoms in total. The van der Waals surface area contributed by atoms with Crippen LogP contribution in [0.15, 0.2) is 102 Å². The fourth-order valence-electron chi connectivity index (χ4n) is 5.64. The third-order valence-corrected chi connectivity index (χ3v) is 8.29. The van der Waals surface area contributed by atoms with Crippen molar-refractivity contribution in [3.63, 3.8) is 0 Å². The minimum absolute atomic E-state index is 0.257. The number of allylic oxidation sites excluding steroid dienone is 2. The second kappa shape index (κ2) is 11.8. The van der Waals surface area contributed by atoms with Gasteiger partial charge in [0.25, 0.3) is 0 Å². The maximum absolute atomic E-state index is 13.6. The zero-order valence-electron chi connectivity index (χ0n) is 22.2. The van der Waals surface area contributed by atoms with Crippen LogP contribution in [-0.2, 0) is 6.61 Å². The van der Waals surface area contributed by atoms with Gasteiger partial charge >= 0.3 is 0 Å². The third kappa shape index (κ3) is 5.63. The summed E-state index contributed by atoms with van der Waals surface area (Å²) >= 11 is 2.24. The Morgan fingerprint density at radius 2 is 1.85 bits per heavy atom. The van der Waals surface area contributed by atoms with Gasteiger partial charge in [-0.15, -0.1) is 0 Å². The van der Waals surface area contributed by atoms with E-state index in [0.717, 1.165) is 26.8 Å². The average Bonchev–Trinajstić information content (AvgIpc) is 3.46. The summed E-state index contributed by atoms with van der Waals surface area (Å²) in [5.41, 5.74) is 6.47. The van der Waals surface area contributed by atoms with Crippen LogP contribution in [0.1, 0.15) is 47.6 Å². The molecule has 6 rings (SSSR count). The first kappa shape index (κ1) is 26.6. The highest BCUT2D eigenvalue weighted by molar-refractivity contribution is 14.1. The van der Waals surface area contributed by atoms with Crippen LogP contribution in [0.4, 0.5) is 15.8 Å². The summed E-state index contributed by atoms with van der Waals surface area (Å²) < 4.78 is 26.4. The Morgan fingerprint density at radius 3 is 2.67 bits per heavy atom. The number of para-hydroxylation sites is 1. The minimum Gasteiger partial charge on any atom is -0.490 e. The summed E-state index contributed by atoms with van der Waals surface area (Å²) in [6.45, 7) is 2.70. The molecule has 0 aromatic heterocycles. The van der Waals surface area contributed by atoms with E-state index in [4.69, 9.17) is 14.5 Å². The van der Waals surface area contributed by atoms with E-state index in [0.29, 0.717) is 29.9 Å². The molecule has 4 aromatic carbocycles. The highest BCUT2D eigenvalue weighted by Gasteiger charge is 2.37. The Balaban J connectivity index is 1.18. The minimum atomic E-state index is -0.277. The summed E-state index contributed by atoms with van der Waals surface area (Å²) in [6, 6.07) is 27.8. The molecule has 1 aliphatic heterocycles. The number of anilines is 1. The summed E-state index contributed by atoms with van der Waals surface area (Å²) in [5.74, 6) is 1.99. The van der Waals surface area contributed by atoms with Crippen molar-refractivity contribution in [1.29, 1.82) is 0 Å². The van der Waals surface area contributed by atoms with Gasteiger partial charge in [0.2, 0.25) is 0 Å². The number of halogens is 2. The largest absolute Gasteiger partial charge is 0.490 e. The van der Waals surface area contributed by atoms with Crippen LogP contribution in [0.3, 0.4) is 0 Å². The molecule has 0 amide bonds. The van der Waals surface area contributed by atoms with Crippen molar-refractivity contribution in [2.45, 2.75) is 31.9 Å². The molecule has 0 fully saturated rings. The van der Waals surface area contributed by atoms with Crippen molar-refractivity contribution in [1.82, 2.24) is 0 Å². The van der Waals surface area contributed by atoms with Crippen molar-refractivity contribution in [2.24, 2.45) is 10.9 Å². The third-order valence-electron chi connectivity index (χ3n) is 7.49. The number of rotatable bonds is 8. The molecule has 1 aliphatic carbocycles. The Kier molecular flexibility index (Phi) is 7.86. The molecule has 2 aliphatic rings. The maximum atomic E-state index is 13.6. The molecule has 0 saturated heterocycles. The maximum Gasteiger partial charge on any atom is 0.175 e. The molecule has 3 atom stereocenters. The molecule has 0 radical (unpaired) electrons. The zero-order chi connectivity index (χ0) is 27.5. The first-order valence-corrected chi connectivity index (χ1v) is 14.7. The molecule has 4 aromatic rings. The Labute approximate surface area is 248 Å². The van der Waals surface area contributed by atoms with Gasteiger partial charge in [-0.05, 0) is 107 Å².